The lowest BCUT2D eigenvalue weighted by Gasteiger charge is -2.28. The van der Waals surface area contributed by atoms with Crippen molar-refractivity contribution in [2.24, 2.45) is 5.92 Å². The van der Waals surface area contributed by atoms with Crippen molar-refractivity contribution >= 4 is 5.91 Å². The number of carbonyl (C=O) groups excluding carboxylic acids is 1. The molecule has 0 spiro atoms. The van der Waals surface area contributed by atoms with Gasteiger partial charge in [0.25, 0.3) is 0 Å². The zero-order valence-corrected chi connectivity index (χ0v) is 14.5. The van der Waals surface area contributed by atoms with E-state index in [4.69, 9.17) is 0 Å². The molecular weight excluding hydrogens is 315 g/mol. The number of hydrogen-bond donors (Lipinski definition) is 2. The average Bonchev–Trinajstić information content (AvgIpc) is 2.65. The van der Waals surface area contributed by atoms with E-state index in [0.29, 0.717) is 6.54 Å². The second kappa shape index (κ2) is 8.77. The Morgan fingerprint density at radius 2 is 1.68 bits per heavy atom. The monoisotopic (exact) mass is 341 g/mol. The highest BCUT2D eigenvalue weighted by Crippen LogP contribution is 2.10. The Labute approximate surface area is 148 Å². The number of likely N-dealkylation sites (tertiary alicyclic amines) is 1. The number of rotatable bonds is 6. The van der Waals surface area contributed by atoms with Gasteiger partial charge in [-0.15, -0.1) is 0 Å². The van der Waals surface area contributed by atoms with Crippen molar-refractivity contribution in [2.45, 2.75) is 25.8 Å². The number of benzene rings is 2. The van der Waals surface area contributed by atoms with E-state index in [1.54, 1.807) is 0 Å². The Kier molecular flexibility index (Phi) is 6.18. The predicted octanol–water partition coefficient (Wildman–Crippen LogP) is 1.98. The number of hydrogen-bond acceptors (Lipinski definition) is 1. The Morgan fingerprint density at radius 1 is 1.00 bits per heavy atom. The number of carbonyl (C=O) groups is 1. The lowest BCUT2D eigenvalue weighted by atomic mass is 9.95. The van der Waals surface area contributed by atoms with Crippen LogP contribution < -0.4 is 10.2 Å². The van der Waals surface area contributed by atoms with Gasteiger partial charge in [-0.1, -0.05) is 42.5 Å². The van der Waals surface area contributed by atoms with Gasteiger partial charge in [0, 0.05) is 30.9 Å². The molecule has 1 aliphatic heterocycles. The minimum absolute atomic E-state index is 0.132. The fourth-order valence-corrected chi connectivity index (χ4v) is 3.47. The zero-order valence-electron chi connectivity index (χ0n) is 14.5. The minimum Gasteiger partial charge on any atom is -0.356 e. The van der Waals surface area contributed by atoms with E-state index >= 15 is 0 Å². The molecular formula is C21H26FN2O+. The average molecular weight is 341 g/mol. The van der Waals surface area contributed by atoms with Crippen molar-refractivity contribution in [2.75, 3.05) is 19.6 Å². The number of nitrogens with one attached hydrogen (secondary N) is 2. The van der Waals surface area contributed by atoms with Crippen LogP contribution in [0.15, 0.2) is 54.6 Å². The quantitative estimate of drug-likeness (QED) is 0.828. The Bertz CT molecular complexity index is 664. The fraction of sp³-hybridized carbons (Fsp3) is 0.381. The van der Waals surface area contributed by atoms with Gasteiger partial charge in [0.05, 0.1) is 13.1 Å². The van der Waals surface area contributed by atoms with E-state index in [0.717, 1.165) is 44.5 Å². The molecule has 1 aliphatic rings. The second-order valence-corrected chi connectivity index (χ2v) is 6.85. The van der Waals surface area contributed by atoms with Crippen LogP contribution in [0.4, 0.5) is 4.39 Å². The zero-order chi connectivity index (χ0) is 17.5. The van der Waals surface area contributed by atoms with Crippen LogP contribution in [0.1, 0.15) is 24.0 Å². The molecule has 1 amide bonds. The molecule has 0 aliphatic carbocycles. The molecule has 2 aromatic rings. The summed E-state index contributed by atoms with van der Waals surface area (Å²) in [7, 11) is 0. The summed E-state index contributed by atoms with van der Waals surface area (Å²) < 4.78 is 13.0. The maximum absolute atomic E-state index is 13.0. The largest absolute Gasteiger partial charge is 0.356 e. The molecule has 0 unspecified atom stereocenters. The standard InChI is InChI=1S/C21H25FN2O/c22-20-8-6-18(7-9-20)16-24-14-11-19(12-15-24)21(25)23-13-10-17-4-2-1-3-5-17/h1-9,19H,10-16H2,(H,23,25)/p+1. The highest BCUT2D eigenvalue weighted by Gasteiger charge is 2.27. The molecule has 0 atom stereocenters. The third-order valence-corrected chi connectivity index (χ3v) is 4.99. The number of halogens is 1. The van der Waals surface area contributed by atoms with Gasteiger partial charge in [-0.3, -0.25) is 4.79 Å². The van der Waals surface area contributed by atoms with Crippen molar-refractivity contribution in [3.8, 4) is 0 Å². The second-order valence-electron chi connectivity index (χ2n) is 6.85. The topological polar surface area (TPSA) is 33.5 Å². The summed E-state index contributed by atoms with van der Waals surface area (Å²) in [4.78, 5) is 13.8. The lowest BCUT2D eigenvalue weighted by Crippen LogP contribution is -3.11. The van der Waals surface area contributed by atoms with E-state index < -0.39 is 0 Å². The summed E-state index contributed by atoms with van der Waals surface area (Å²) in [5.41, 5.74) is 2.41. The van der Waals surface area contributed by atoms with Crippen LogP contribution in [0, 0.1) is 11.7 Å². The first-order valence-corrected chi connectivity index (χ1v) is 9.10. The number of quaternary nitrogens is 1. The number of amides is 1. The Morgan fingerprint density at radius 3 is 2.36 bits per heavy atom. The molecule has 1 saturated heterocycles. The molecule has 0 saturated carbocycles. The maximum atomic E-state index is 13.0. The molecule has 0 radical (unpaired) electrons. The normalized spacial score (nSPS) is 20.2. The fourth-order valence-electron chi connectivity index (χ4n) is 3.47. The van der Waals surface area contributed by atoms with Crippen LogP contribution in [0.2, 0.25) is 0 Å². The van der Waals surface area contributed by atoms with Crippen LogP contribution in [-0.2, 0) is 17.8 Å². The van der Waals surface area contributed by atoms with Crippen molar-refractivity contribution in [1.29, 1.82) is 0 Å². The highest BCUT2D eigenvalue weighted by atomic mass is 19.1. The van der Waals surface area contributed by atoms with Crippen LogP contribution in [0.3, 0.4) is 0 Å². The molecule has 25 heavy (non-hydrogen) atoms. The molecule has 0 bridgehead atoms. The first-order valence-electron chi connectivity index (χ1n) is 9.10. The smallest absolute Gasteiger partial charge is 0.223 e. The minimum atomic E-state index is -0.190. The molecule has 1 heterocycles. The molecule has 2 N–H and O–H groups in total. The first kappa shape index (κ1) is 17.6. The van der Waals surface area contributed by atoms with E-state index in [1.165, 1.54) is 22.6 Å². The summed E-state index contributed by atoms with van der Waals surface area (Å²) in [5.74, 6) is 0.133. The number of piperidine rings is 1. The molecule has 2 aromatic carbocycles. The van der Waals surface area contributed by atoms with Gasteiger partial charge in [0.15, 0.2) is 0 Å². The van der Waals surface area contributed by atoms with Crippen molar-refractivity contribution < 1.29 is 14.1 Å². The molecule has 0 aromatic heterocycles. The summed E-state index contributed by atoms with van der Waals surface area (Å²) in [6, 6.07) is 17.0. The Balaban J connectivity index is 1.38. The van der Waals surface area contributed by atoms with Gasteiger partial charge in [0.1, 0.15) is 12.4 Å². The van der Waals surface area contributed by atoms with Crippen molar-refractivity contribution in [1.82, 2.24) is 5.32 Å². The summed E-state index contributed by atoms with van der Waals surface area (Å²) in [5, 5.41) is 3.08. The van der Waals surface area contributed by atoms with Crippen LogP contribution in [0.5, 0.6) is 0 Å². The van der Waals surface area contributed by atoms with E-state index in [1.807, 2.05) is 30.3 Å². The van der Waals surface area contributed by atoms with Gasteiger partial charge in [-0.25, -0.2) is 4.39 Å². The van der Waals surface area contributed by atoms with E-state index in [2.05, 4.69) is 17.4 Å². The highest BCUT2D eigenvalue weighted by molar-refractivity contribution is 5.78. The third-order valence-electron chi connectivity index (χ3n) is 4.99. The molecule has 132 valence electrons. The summed E-state index contributed by atoms with van der Waals surface area (Å²) >= 11 is 0. The first-order chi connectivity index (χ1) is 12.2. The molecule has 3 rings (SSSR count). The van der Waals surface area contributed by atoms with E-state index in [9.17, 15) is 9.18 Å². The van der Waals surface area contributed by atoms with Crippen LogP contribution >= 0.6 is 0 Å². The van der Waals surface area contributed by atoms with Crippen LogP contribution in [-0.4, -0.2) is 25.5 Å². The van der Waals surface area contributed by atoms with Gasteiger partial charge in [0.2, 0.25) is 5.91 Å². The molecule has 1 fully saturated rings. The van der Waals surface area contributed by atoms with Gasteiger partial charge in [-0.05, 0) is 24.1 Å². The van der Waals surface area contributed by atoms with Crippen LogP contribution in [0.25, 0.3) is 0 Å². The van der Waals surface area contributed by atoms with Gasteiger partial charge >= 0.3 is 0 Å². The van der Waals surface area contributed by atoms with E-state index in [-0.39, 0.29) is 17.6 Å². The summed E-state index contributed by atoms with van der Waals surface area (Å²) in [6.45, 7) is 3.59. The van der Waals surface area contributed by atoms with Gasteiger partial charge < -0.3 is 10.2 Å². The predicted molar refractivity (Wildman–Crippen MR) is 96.7 cm³/mol. The summed E-state index contributed by atoms with van der Waals surface area (Å²) in [6.07, 6.45) is 2.72. The van der Waals surface area contributed by atoms with Crippen molar-refractivity contribution in [3.05, 3.63) is 71.5 Å². The SMILES string of the molecule is O=C(NCCc1ccccc1)C1CC[NH+](Cc2ccc(F)cc2)CC1. The Hall–Kier alpha value is -2.20. The molecule has 3 nitrogen and oxygen atoms in total. The third kappa shape index (κ3) is 5.40. The maximum Gasteiger partial charge on any atom is 0.223 e. The van der Waals surface area contributed by atoms with Gasteiger partial charge in [-0.2, -0.15) is 0 Å². The lowest BCUT2D eigenvalue weighted by molar-refractivity contribution is -0.919. The molecule has 4 heteroatoms. The van der Waals surface area contributed by atoms with Crippen molar-refractivity contribution in [3.63, 3.8) is 0 Å².